The highest BCUT2D eigenvalue weighted by molar-refractivity contribution is 9.10. The lowest BCUT2D eigenvalue weighted by Gasteiger charge is -2.03. The first-order valence-corrected chi connectivity index (χ1v) is 5.46. The van der Waals surface area contributed by atoms with Gasteiger partial charge >= 0.3 is 5.97 Å². The van der Waals surface area contributed by atoms with E-state index in [9.17, 15) is 9.59 Å². The highest BCUT2D eigenvalue weighted by Gasteiger charge is 2.15. The Hall–Kier alpha value is -1.37. The Kier molecular flexibility index (Phi) is 4.48. The number of carbonyl (C=O) groups excluding carboxylic acids is 2. The van der Waals surface area contributed by atoms with Gasteiger partial charge in [-0.15, -0.1) is 0 Å². The predicted molar refractivity (Wildman–Crippen MR) is 59.9 cm³/mol. The highest BCUT2D eigenvalue weighted by atomic mass is 79.9. The number of amides is 1. The minimum Gasteiger partial charge on any atom is -0.465 e. The lowest BCUT2D eigenvalue weighted by molar-refractivity contribution is -0.141. The molecule has 1 heterocycles. The van der Waals surface area contributed by atoms with Crippen molar-refractivity contribution >= 4 is 27.8 Å². The van der Waals surface area contributed by atoms with Crippen LogP contribution in [0.5, 0.6) is 0 Å². The average molecular weight is 290 g/mol. The Morgan fingerprint density at radius 3 is 2.81 bits per heavy atom. The third-order valence-corrected chi connectivity index (χ3v) is 2.28. The quantitative estimate of drug-likeness (QED) is 0.818. The molecular formula is C9H12BrN3O3. The van der Waals surface area contributed by atoms with Crippen LogP contribution in [0.4, 0.5) is 0 Å². The monoisotopic (exact) mass is 289 g/mol. The standard InChI is InChI=1S/C9H12BrN3O3/c1-3-16-7(14)4-11-9(15)8-6(10)5-13(2)12-8/h5H,3-4H2,1-2H3,(H,11,15). The van der Waals surface area contributed by atoms with Crippen LogP contribution in [-0.2, 0) is 16.6 Å². The maximum Gasteiger partial charge on any atom is 0.325 e. The summed E-state index contributed by atoms with van der Waals surface area (Å²) in [7, 11) is 1.70. The van der Waals surface area contributed by atoms with E-state index in [1.165, 1.54) is 4.68 Å². The minimum atomic E-state index is -0.470. The summed E-state index contributed by atoms with van der Waals surface area (Å²) >= 11 is 3.20. The van der Waals surface area contributed by atoms with Crippen LogP contribution in [0.15, 0.2) is 10.7 Å². The number of esters is 1. The van der Waals surface area contributed by atoms with Crippen molar-refractivity contribution in [3.05, 3.63) is 16.4 Å². The second-order valence-corrected chi connectivity index (χ2v) is 3.84. The number of ether oxygens (including phenoxy) is 1. The van der Waals surface area contributed by atoms with E-state index in [-0.39, 0.29) is 12.2 Å². The predicted octanol–water partition coefficient (Wildman–Crippen LogP) is 0.476. The van der Waals surface area contributed by atoms with Gasteiger partial charge in [-0.3, -0.25) is 14.3 Å². The van der Waals surface area contributed by atoms with Crippen molar-refractivity contribution in [2.24, 2.45) is 7.05 Å². The van der Waals surface area contributed by atoms with Crippen LogP contribution in [0.1, 0.15) is 17.4 Å². The van der Waals surface area contributed by atoms with Gasteiger partial charge in [0.25, 0.3) is 5.91 Å². The summed E-state index contributed by atoms with van der Waals surface area (Å²) in [5, 5.41) is 6.36. The zero-order chi connectivity index (χ0) is 12.1. The van der Waals surface area contributed by atoms with E-state index in [2.05, 4.69) is 31.1 Å². The molecule has 0 aromatic carbocycles. The molecule has 6 nitrogen and oxygen atoms in total. The molecule has 0 saturated heterocycles. The summed E-state index contributed by atoms with van der Waals surface area (Å²) in [5.74, 6) is -0.886. The maximum absolute atomic E-state index is 11.6. The highest BCUT2D eigenvalue weighted by Crippen LogP contribution is 2.13. The van der Waals surface area contributed by atoms with Crippen LogP contribution in [0.2, 0.25) is 0 Å². The molecule has 0 aliphatic carbocycles. The number of hydrogen-bond acceptors (Lipinski definition) is 4. The van der Waals surface area contributed by atoms with Gasteiger partial charge < -0.3 is 10.1 Å². The Morgan fingerprint density at radius 2 is 2.31 bits per heavy atom. The van der Waals surface area contributed by atoms with Crippen LogP contribution in [0, 0.1) is 0 Å². The molecule has 0 spiro atoms. The Labute approximate surface area is 101 Å². The van der Waals surface area contributed by atoms with E-state index < -0.39 is 11.9 Å². The second kappa shape index (κ2) is 5.64. The van der Waals surface area contributed by atoms with Crippen molar-refractivity contribution in [1.29, 1.82) is 0 Å². The van der Waals surface area contributed by atoms with Gasteiger partial charge in [-0.1, -0.05) is 0 Å². The van der Waals surface area contributed by atoms with Gasteiger partial charge in [0.2, 0.25) is 0 Å². The fraction of sp³-hybridized carbons (Fsp3) is 0.444. The molecule has 0 unspecified atom stereocenters. The first-order valence-electron chi connectivity index (χ1n) is 4.67. The molecular weight excluding hydrogens is 278 g/mol. The summed E-state index contributed by atoms with van der Waals surface area (Å²) < 4.78 is 6.76. The summed E-state index contributed by atoms with van der Waals surface area (Å²) in [6, 6.07) is 0. The van der Waals surface area contributed by atoms with Crippen molar-refractivity contribution in [2.45, 2.75) is 6.92 Å². The van der Waals surface area contributed by atoms with Gasteiger partial charge in [0.15, 0.2) is 5.69 Å². The molecule has 7 heteroatoms. The fourth-order valence-electron chi connectivity index (χ4n) is 1.06. The Bertz CT molecular complexity index is 403. The number of aryl methyl sites for hydroxylation is 1. The molecule has 0 aliphatic heterocycles. The zero-order valence-corrected chi connectivity index (χ0v) is 10.6. The molecule has 1 aromatic heterocycles. The number of nitrogens with one attached hydrogen (secondary N) is 1. The molecule has 88 valence electrons. The zero-order valence-electron chi connectivity index (χ0n) is 8.99. The van der Waals surface area contributed by atoms with E-state index >= 15 is 0 Å². The summed E-state index contributed by atoms with van der Waals surface area (Å²) in [6.45, 7) is 1.84. The van der Waals surface area contributed by atoms with Gasteiger partial charge in [-0.2, -0.15) is 5.10 Å². The van der Waals surface area contributed by atoms with Crippen molar-refractivity contribution in [3.8, 4) is 0 Å². The molecule has 1 rings (SSSR count). The first-order chi connectivity index (χ1) is 7.54. The van der Waals surface area contributed by atoms with E-state index in [1.54, 1.807) is 20.2 Å². The summed E-state index contributed by atoms with van der Waals surface area (Å²) in [5.41, 5.74) is 0.242. The Morgan fingerprint density at radius 1 is 1.62 bits per heavy atom. The average Bonchev–Trinajstić information content (AvgIpc) is 2.55. The van der Waals surface area contributed by atoms with Gasteiger partial charge in [-0.05, 0) is 22.9 Å². The maximum atomic E-state index is 11.6. The summed E-state index contributed by atoms with van der Waals surface area (Å²) in [4.78, 5) is 22.6. The topological polar surface area (TPSA) is 73.2 Å². The van der Waals surface area contributed by atoms with Crippen LogP contribution in [0.25, 0.3) is 0 Å². The number of hydrogen-bond donors (Lipinski definition) is 1. The summed E-state index contributed by atoms with van der Waals surface area (Å²) in [6.07, 6.45) is 1.65. The van der Waals surface area contributed by atoms with Crippen LogP contribution < -0.4 is 5.32 Å². The van der Waals surface area contributed by atoms with Gasteiger partial charge in [-0.25, -0.2) is 0 Å². The third kappa shape index (κ3) is 3.34. The molecule has 0 fully saturated rings. The fourth-order valence-corrected chi connectivity index (χ4v) is 1.62. The molecule has 1 amide bonds. The number of aromatic nitrogens is 2. The van der Waals surface area contributed by atoms with Gasteiger partial charge in [0, 0.05) is 13.2 Å². The number of halogens is 1. The van der Waals surface area contributed by atoms with Crippen molar-refractivity contribution in [3.63, 3.8) is 0 Å². The van der Waals surface area contributed by atoms with Crippen LogP contribution >= 0.6 is 15.9 Å². The van der Waals surface area contributed by atoms with Crippen LogP contribution in [-0.4, -0.2) is 34.8 Å². The molecule has 0 atom stereocenters. The lowest BCUT2D eigenvalue weighted by atomic mass is 10.4. The molecule has 0 aliphatic rings. The molecule has 0 saturated carbocycles. The third-order valence-electron chi connectivity index (χ3n) is 1.70. The van der Waals surface area contributed by atoms with E-state index in [1.807, 2.05) is 0 Å². The van der Waals surface area contributed by atoms with Crippen molar-refractivity contribution < 1.29 is 14.3 Å². The Balaban J connectivity index is 2.53. The van der Waals surface area contributed by atoms with E-state index in [0.29, 0.717) is 11.1 Å². The van der Waals surface area contributed by atoms with Crippen molar-refractivity contribution in [1.82, 2.24) is 15.1 Å². The normalized spacial score (nSPS) is 9.94. The molecule has 1 aromatic rings. The number of carbonyl (C=O) groups is 2. The largest absolute Gasteiger partial charge is 0.465 e. The molecule has 0 radical (unpaired) electrons. The van der Waals surface area contributed by atoms with Gasteiger partial charge in [0.05, 0.1) is 11.1 Å². The second-order valence-electron chi connectivity index (χ2n) is 2.99. The molecule has 16 heavy (non-hydrogen) atoms. The van der Waals surface area contributed by atoms with E-state index in [0.717, 1.165) is 0 Å². The smallest absolute Gasteiger partial charge is 0.325 e. The number of nitrogens with zero attached hydrogens (tertiary/aromatic N) is 2. The van der Waals surface area contributed by atoms with Crippen molar-refractivity contribution in [2.75, 3.05) is 13.2 Å². The number of rotatable bonds is 4. The minimum absolute atomic E-state index is 0.157. The first kappa shape index (κ1) is 12.7. The molecule has 0 bridgehead atoms. The molecule has 1 N–H and O–H groups in total. The van der Waals surface area contributed by atoms with Gasteiger partial charge in [0.1, 0.15) is 6.54 Å². The SMILES string of the molecule is CCOC(=O)CNC(=O)c1nn(C)cc1Br. The van der Waals surface area contributed by atoms with E-state index in [4.69, 9.17) is 0 Å². The van der Waals surface area contributed by atoms with Crippen LogP contribution in [0.3, 0.4) is 0 Å². The lowest BCUT2D eigenvalue weighted by Crippen LogP contribution is -2.31.